The summed E-state index contributed by atoms with van der Waals surface area (Å²) in [6.07, 6.45) is 0.485. The highest BCUT2D eigenvalue weighted by molar-refractivity contribution is 5.97. The van der Waals surface area contributed by atoms with Crippen LogP contribution in [0, 0.1) is 0 Å². The number of halogens is 1. The van der Waals surface area contributed by atoms with Crippen molar-refractivity contribution in [2.45, 2.75) is 25.4 Å². The van der Waals surface area contributed by atoms with Crippen LogP contribution in [-0.2, 0) is 9.59 Å². The number of hydrogen-bond acceptors (Lipinski definition) is 2. The van der Waals surface area contributed by atoms with Crippen molar-refractivity contribution in [2.75, 3.05) is 13.2 Å². The quantitative estimate of drug-likeness (QED) is 0.894. The predicted molar refractivity (Wildman–Crippen MR) is 69.1 cm³/mol. The van der Waals surface area contributed by atoms with Crippen LogP contribution in [0.1, 0.15) is 24.9 Å². The number of carbonyl (C=O) groups is 2. The smallest absolute Gasteiger partial charge is 0.250 e. The first kappa shape index (κ1) is 13.5. The average molecular weight is 264 g/mol. The van der Waals surface area contributed by atoms with Gasteiger partial charge in [-0.15, -0.1) is 0 Å². The summed E-state index contributed by atoms with van der Waals surface area (Å²) < 4.78 is 12.6. The fraction of sp³-hybridized carbons (Fsp3) is 0.429. The number of hydrogen-bond donors (Lipinski definition) is 1. The Labute approximate surface area is 111 Å². The molecule has 4 nitrogen and oxygen atoms in total. The zero-order valence-electron chi connectivity index (χ0n) is 10.8. The van der Waals surface area contributed by atoms with Crippen LogP contribution in [0.4, 0.5) is 4.39 Å². The topological polar surface area (TPSA) is 49.4 Å². The Morgan fingerprint density at radius 1 is 1.26 bits per heavy atom. The van der Waals surface area contributed by atoms with E-state index in [4.69, 9.17) is 0 Å². The van der Waals surface area contributed by atoms with Crippen LogP contribution in [-0.4, -0.2) is 36.0 Å². The molecule has 1 saturated heterocycles. The van der Waals surface area contributed by atoms with Crippen LogP contribution in [0.3, 0.4) is 0 Å². The molecule has 0 saturated carbocycles. The van der Waals surface area contributed by atoms with Gasteiger partial charge in [0.15, 0.2) is 0 Å². The van der Waals surface area contributed by atoms with Crippen LogP contribution in [0.2, 0.25) is 0 Å². The van der Waals surface area contributed by atoms with Gasteiger partial charge < -0.3 is 10.2 Å². The van der Waals surface area contributed by atoms with Gasteiger partial charge in [-0.05, 0) is 12.0 Å². The molecule has 1 N–H and O–H groups in total. The highest BCUT2D eigenvalue weighted by Gasteiger charge is 2.39. The number of benzene rings is 1. The first-order valence-electron chi connectivity index (χ1n) is 6.40. The standard InChI is InChI=1S/C14H17FN2O2/c1-2-11-13(18)16-12(10-6-4-3-5-7-10)14(19)17(11)9-8-15/h3-7,11-12H,2,8-9H2,1H3,(H,16,18). The highest BCUT2D eigenvalue weighted by atomic mass is 19.1. The van der Waals surface area contributed by atoms with Crippen molar-refractivity contribution in [3.8, 4) is 0 Å². The van der Waals surface area contributed by atoms with Crippen molar-refractivity contribution in [1.29, 1.82) is 0 Å². The molecular formula is C14H17FN2O2. The number of rotatable bonds is 4. The van der Waals surface area contributed by atoms with Crippen LogP contribution >= 0.6 is 0 Å². The molecule has 0 aliphatic carbocycles. The zero-order chi connectivity index (χ0) is 13.8. The van der Waals surface area contributed by atoms with Crippen molar-refractivity contribution in [2.24, 2.45) is 0 Å². The Morgan fingerprint density at radius 2 is 1.95 bits per heavy atom. The molecule has 2 unspecified atom stereocenters. The van der Waals surface area contributed by atoms with Gasteiger partial charge in [0.25, 0.3) is 5.91 Å². The van der Waals surface area contributed by atoms with Crippen LogP contribution in [0.25, 0.3) is 0 Å². The molecule has 0 aromatic heterocycles. The van der Waals surface area contributed by atoms with Crippen molar-refractivity contribution in [3.63, 3.8) is 0 Å². The van der Waals surface area contributed by atoms with E-state index in [-0.39, 0.29) is 18.4 Å². The van der Waals surface area contributed by atoms with Crippen LogP contribution in [0.5, 0.6) is 0 Å². The molecule has 5 heteroatoms. The van der Waals surface area contributed by atoms with Crippen molar-refractivity contribution in [1.82, 2.24) is 10.2 Å². The molecule has 1 aliphatic rings. The summed E-state index contributed by atoms with van der Waals surface area (Å²) in [6.45, 7) is 1.14. The number of alkyl halides is 1. The number of nitrogens with one attached hydrogen (secondary N) is 1. The number of carbonyl (C=O) groups excluding carboxylic acids is 2. The zero-order valence-corrected chi connectivity index (χ0v) is 10.8. The Morgan fingerprint density at radius 3 is 2.53 bits per heavy atom. The second kappa shape index (κ2) is 5.82. The Hall–Kier alpha value is -1.91. The minimum absolute atomic E-state index is 0.0336. The van der Waals surface area contributed by atoms with E-state index < -0.39 is 18.8 Å². The largest absolute Gasteiger partial charge is 0.339 e. The fourth-order valence-corrected chi connectivity index (χ4v) is 2.40. The predicted octanol–water partition coefficient (Wildman–Crippen LogP) is 1.43. The van der Waals surface area contributed by atoms with Crippen LogP contribution < -0.4 is 5.32 Å². The molecule has 1 heterocycles. The third-order valence-corrected chi connectivity index (χ3v) is 3.34. The number of nitrogens with zero attached hydrogens (tertiary/aromatic N) is 1. The lowest BCUT2D eigenvalue weighted by atomic mass is 9.99. The van der Waals surface area contributed by atoms with Gasteiger partial charge in [0.05, 0.1) is 0 Å². The van der Waals surface area contributed by atoms with E-state index in [1.807, 2.05) is 13.0 Å². The summed E-state index contributed by atoms with van der Waals surface area (Å²) in [5, 5.41) is 2.72. The minimum Gasteiger partial charge on any atom is -0.339 e. The summed E-state index contributed by atoms with van der Waals surface area (Å²) in [7, 11) is 0. The molecule has 1 aliphatic heterocycles. The van der Waals surface area contributed by atoms with Gasteiger partial charge in [0, 0.05) is 6.54 Å². The fourth-order valence-electron chi connectivity index (χ4n) is 2.40. The SMILES string of the molecule is CCC1C(=O)NC(c2ccccc2)C(=O)N1CCF. The maximum absolute atomic E-state index is 12.6. The average Bonchev–Trinajstić information content (AvgIpc) is 2.44. The van der Waals surface area contributed by atoms with Gasteiger partial charge in [-0.25, -0.2) is 4.39 Å². The van der Waals surface area contributed by atoms with E-state index in [0.29, 0.717) is 6.42 Å². The Kier molecular flexibility index (Phi) is 4.14. The van der Waals surface area contributed by atoms with E-state index in [1.54, 1.807) is 24.3 Å². The van der Waals surface area contributed by atoms with Gasteiger partial charge in [-0.2, -0.15) is 0 Å². The maximum atomic E-state index is 12.6. The van der Waals surface area contributed by atoms with Crippen molar-refractivity contribution >= 4 is 11.8 Å². The first-order chi connectivity index (χ1) is 9.19. The Bertz CT molecular complexity index is 464. The molecule has 0 spiro atoms. The monoisotopic (exact) mass is 264 g/mol. The normalized spacial score (nSPS) is 23.4. The molecule has 2 rings (SSSR count). The summed E-state index contributed by atoms with van der Waals surface area (Å²) in [5.74, 6) is -0.459. The maximum Gasteiger partial charge on any atom is 0.250 e. The van der Waals surface area contributed by atoms with E-state index in [1.165, 1.54) is 4.90 Å². The lowest BCUT2D eigenvalue weighted by Gasteiger charge is -2.38. The molecule has 2 atom stereocenters. The molecule has 19 heavy (non-hydrogen) atoms. The third kappa shape index (κ3) is 2.59. The number of amides is 2. The highest BCUT2D eigenvalue weighted by Crippen LogP contribution is 2.23. The Balaban J connectivity index is 2.28. The first-order valence-corrected chi connectivity index (χ1v) is 6.40. The third-order valence-electron chi connectivity index (χ3n) is 3.34. The molecule has 102 valence electrons. The van der Waals surface area contributed by atoms with E-state index >= 15 is 0 Å². The van der Waals surface area contributed by atoms with Gasteiger partial charge >= 0.3 is 0 Å². The molecular weight excluding hydrogens is 247 g/mol. The molecule has 0 bridgehead atoms. The molecule has 1 aromatic rings. The second-order valence-electron chi connectivity index (χ2n) is 4.50. The van der Waals surface area contributed by atoms with Gasteiger partial charge in [-0.3, -0.25) is 9.59 Å². The summed E-state index contributed by atoms with van der Waals surface area (Å²) in [5.41, 5.74) is 0.722. The summed E-state index contributed by atoms with van der Waals surface area (Å²) in [4.78, 5) is 25.7. The van der Waals surface area contributed by atoms with Crippen LogP contribution in [0.15, 0.2) is 30.3 Å². The summed E-state index contributed by atoms with van der Waals surface area (Å²) >= 11 is 0. The minimum atomic E-state index is -0.706. The molecule has 1 aromatic carbocycles. The van der Waals surface area contributed by atoms with Crippen molar-refractivity contribution in [3.05, 3.63) is 35.9 Å². The van der Waals surface area contributed by atoms with E-state index in [0.717, 1.165) is 5.56 Å². The summed E-state index contributed by atoms with van der Waals surface area (Å²) in [6, 6.07) is 7.74. The number of piperazine rings is 1. The van der Waals surface area contributed by atoms with Gasteiger partial charge in [0.1, 0.15) is 18.8 Å². The van der Waals surface area contributed by atoms with Crippen molar-refractivity contribution < 1.29 is 14.0 Å². The molecule has 1 fully saturated rings. The van der Waals surface area contributed by atoms with E-state index in [9.17, 15) is 14.0 Å². The molecule has 0 radical (unpaired) electrons. The second-order valence-corrected chi connectivity index (χ2v) is 4.50. The van der Waals surface area contributed by atoms with Gasteiger partial charge in [0.2, 0.25) is 5.91 Å². The van der Waals surface area contributed by atoms with Gasteiger partial charge in [-0.1, -0.05) is 37.3 Å². The lowest BCUT2D eigenvalue weighted by Crippen LogP contribution is -2.59. The molecule has 2 amide bonds. The lowest BCUT2D eigenvalue weighted by molar-refractivity contribution is -0.149. The van der Waals surface area contributed by atoms with E-state index in [2.05, 4.69) is 5.32 Å².